The molecule has 7 heteroatoms. The molecule has 1 aromatic heterocycles. The number of amides is 2. The predicted molar refractivity (Wildman–Crippen MR) is 76.5 cm³/mol. The molecule has 1 aromatic rings. The third-order valence-corrected chi connectivity index (χ3v) is 3.80. The van der Waals surface area contributed by atoms with Crippen LogP contribution in [0.1, 0.15) is 31.1 Å². The number of urea groups is 1. The van der Waals surface area contributed by atoms with Crippen LogP contribution >= 0.6 is 11.3 Å². The van der Waals surface area contributed by atoms with Crippen molar-refractivity contribution in [3.8, 4) is 0 Å². The molecule has 110 valence electrons. The molecule has 1 unspecified atom stereocenters. The molecule has 20 heavy (non-hydrogen) atoms. The van der Waals surface area contributed by atoms with Gasteiger partial charge in [0.25, 0.3) is 0 Å². The van der Waals surface area contributed by atoms with Gasteiger partial charge in [-0.15, -0.1) is 11.3 Å². The van der Waals surface area contributed by atoms with Gasteiger partial charge in [0.05, 0.1) is 23.8 Å². The summed E-state index contributed by atoms with van der Waals surface area (Å²) in [6.07, 6.45) is -0.0493. The van der Waals surface area contributed by atoms with Crippen LogP contribution in [0.3, 0.4) is 0 Å². The van der Waals surface area contributed by atoms with E-state index in [0.717, 1.165) is 0 Å². The van der Waals surface area contributed by atoms with Crippen LogP contribution in [0.2, 0.25) is 0 Å². The Labute approximate surface area is 121 Å². The van der Waals surface area contributed by atoms with E-state index in [9.17, 15) is 9.59 Å². The second-order valence-corrected chi connectivity index (χ2v) is 6.38. The molecule has 2 N–H and O–H groups in total. The number of carbonyl (C=O) groups excluding carboxylic acids is 1. The molecule has 0 saturated carbocycles. The fraction of sp³-hybridized carbons (Fsp3) is 0.538. The Morgan fingerprint density at radius 3 is 2.85 bits per heavy atom. The average molecular weight is 298 g/mol. The van der Waals surface area contributed by atoms with Crippen LogP contribution in [-0.2, 0) is 4.74 Å². The number of anilines is 1. The number of carboxylic acids is 1. The second kappa shape index (κ2) is 5.41. The van der Waals surface area contributed by atoms with E-state index in [-0.39, 0.29) is 17.7 Å². The minimum atomic E-state index is -1.04. The Balaban J connectivity index is 2.08. The molecule has 2 amide bonds. The van der Waals surface area contributed by atoms with Gasteiger partial charge in [0.15, 0.2) is 0 Å². The van der Waals surface area contributed by atoms with E-state index < -0.39 is 11.6 Å². The first-order chi connectivity index (χ1) is 9.28. The Morgan fingerprint density at radius 2 is 2.25 bits per heavy atom. The zero-order chi connectivity index (χ0) is 14.9. The summed E-state index contributed by atoms with van der Waals surface area (Å²) < 4.78 is 5.74. The molecule has 0 radical (unpaired) electrons. The van der Waals surface area contributed by atoms with Crippen molar-refractivity contribution < 1.29 is 19.4 Å². The zero-order valence-corrected chi connectivity index (χ0v) is 12.5. The van der Waals surface area contributed by atoms with Crippen LogP contribution in [0.15, 0.2) is 11.4 Å². The van der Waals surface area contributed by atoms with Crippen LogP contribution in [-0.4, -0.2) is 46.8 Å². The highest BCUT2D eigenvalue weighted by molar-refractivity contribution is 7.14. The molecule has 2 rings (SSSR count). The Morgan fingerprint density at radius 1 is 1.55 bits per heavy atom. The number of ether oxygens (including phenoxy) is 1. The maximum atomic E-state index is 12.2. The number of carbonyl (C=O) groups is 2. The second-order valence-electron chi connectivity index (χ2n) is 5.47. The zero-order valence-electron chi connectivity index (χ0n) is 11.7. The minimum absolute atomic E-state index is 0.0493. The summed E-state index contributed by atoms with van der Waals surface area (Å²) >= 11 is 1.20. The lowest BCUT2D eigenvalue weighted by molar-refractivity contribution is -0.116. The number of nitrogens with zero attached hydrogens (tertiary/aromatic N) is 1. The molecule has 6 nitrogen and oxygen atoms in total. The summed E-state index contributed by atoms with van der Waals surface area (Å²) in [7, 11) is 0. The van der Waals surface area contributed by atoms with E-state index in [1.54, 1.807) is 10.3 Å². The van der Waals surface area contributed by atoms with Gasteiger partial charge in [-0.25, -0.2) is 9.59 Å². The van der Waals surface area contributed by atoms with E-state index >= 15 is 0 Å². The standard InChI is InChI=1S/C13H18N2O4S/c1-8-6-15(7-13(2,3)19-8)12(18)14-10-9(11(16)17)4-5-20-10/h4-5,8H,6-7H2,1-3H3,(H,14,18)(H,16,17). The van der Waals surface area contributed by atoms with Gasteiger partial charge in [-0.3, -0.25) is 5.32 Å². The van der Waals surface area contributed by atoms with Crippen molar-refractivity contribution in [1.29, 1.82) is 0 Å². The van der Waals surface area contributed by atoms with Gasteiger partial charge in [-0.1, -0.05) is 0 Å². The molecule has 2 heterocycles. The lowest BCUT2D eigenvalue weighted by Crippen LogP contribution is -2.54. The van der Waals surface area contributed by atoms with Gasteiger partial charge in [-0.05, 0) is 32.2 Å². The quantitative estimate of drug-likeness (QED) is 0.879. The smallest absolute Gasteiger partial charge is 0.338 e. The van der Waals surface area contributed by atoms with Gasteiger partial charge in [0.1, 0.15) is 5.00 Å². The van der Waals surface area contributed by atoms with Crippen molar-refractivity contribution >= 4 is 28.3 Å². The normalized spacial score (nSPS) is 21.6. The number of hydrogen-bond donors (Lipinski definition) is 2. The minimum Gasteiger partial charge on any atom is -0.478 e. The van der Waals surface area contributed by atoms with Crippen LogP contribution in [0, 0.1) is 0 Å². The monoisotopic (exact) mass is 298 g/mol. The van der Waals surface area contributed by atoms with Crippen molar-refractivity contribution in [3.63, 3.8) is 0 Å². The summed E-state index contributed by atoms with van der Waals surface area (Å²) in [6.45, 7) is 6.72. The van der Waals surface area contributed by atoms with E-state index in [0.29, 0.717) is 18.1 Å². The van der Waals surface area contributed by atoms with Gasteiger partial charge < -0.3 is 14.7 Å². The first-order valence-corrected chi connectivity index (χ1v) is 7.21. The molecule has 1 aliphatic heterocycles. The number of nitrogens with one attached hydrogen (secondary N) is 1. The maximum absolute atomic E-state index is 12.2. The van der Waals surface area contributed by atoms with Gasteiger partial charge in [0, 0.05) is 6.54 Å². The van der Waals surface area contributed by atoms with Crippen molar-refractivity contribution in [2.75, 3.05) is 18.4 Å². The summed E-state index contributed by atoms with van der Waals surface area (Å²) in [4.78, 5) is 24.9. The molecule has 0 aromatic carbocycles. The number of morpholine rings is 1. The Kier molecular flexibility index (Phi) is 4.01. The van der Waals surface area contributed by atoms with Crippen molar-refractivity contribution in [1.82, 2.24) is 4.90 Å². The molecule has 1 saturated heterocycles. The van der Waals surface area contributed by atoms with Gasteiger partial charge in [0.2, 0.25) is 0 Å². The van der Waals surface area contributed by atoms with E-state index in [1.165, 1.54) is 17.4 Å². The van der Waals surface area contributed by atoms with Crippen molar-refractivity contribution in [2.45, 2.75) is 32.5 Å². The Hall–Kier alpha value is -1.60. The van der Waals surface area contributed by atoms with Crippen LogP contribution in [0.4, 0.5) is 9.80 Å². The molecule has 1 atom stereocenters. The number of hydrogen-bond acceptors (Lipinski definition) is 4. The molecule has 1 aliphatic rings. The molecule has 0 spiro atoms. The SMILES string of the molecule is CC1CN(C(=O)Nc2sccc2C(=O)O)CC(C)(C)O1. The highest BCUT2D eigenvalue weighted by atomic mass is 32.1. The number of thiophene rings is 1. The van der Waals surface area contributed by atoms with E-state index in [1.807, 2.05) is 20.8 Å². The number of aromatic carboxylic acids is 1. The maximum Gasteiger partial charge on any atom is 0.338 e. The lowest BCUT2D eigenvalue weighted by Gasteiger charge is -2.41. The first-order valence-electron chi connectivity index (χ1n) is 6.33. The highest BCUT2D eigenvalue weighted by Gasteiger charge is 2.34. The summed E-state index contributed by atoms with van der Waals surface area (Å²) in [6, 6.07) is 1.19. The molecule has 0 bridgehead atoms. The van der Waals surface area contributed by atoms with Gasteiger partial charge in [-0.2, -0.15) is 0 Å². The van der Waals surface area contributed by atoms with Crippen LogP contribution in [0.25, 0.3) is 0 Å². The third-order valence-electron chi connectivity index (χ3n) is 2.97. The van der Waals surface area contributed by atoms with Crippen LogP contribution < -0.4 is 5.32 Å². The van der Waals surface area contributed by atoms with E-state index in [2.05, 4.69) is 5.32 Å². The topological polar surface area (TPSA) is 78.9 Å². The molecular formula is C13H18N2O4S. The third kappa shape index (κ3) is 3.29. The summed E-state index contributed by atoms with van der Waals surface area (Å²) in [5.74, 6) is -1.04. The Bertz CT molecular complexity index is 526. The predicted octanol–water partition coefficient (Wildman–Crippen LogP) is 2.48. The summed E-state index contributed by atoms with van der Waals surface area (Å²) in [5.41, 5.74) is -0.288. The fourth-order valence-electron chi connectivity index (χ4n) is 2.36. The van der Waals surface area contributed by atoms with Crippen molar-refractivity contribution in [3.05, 3.63) is 17.0 Å². The lowest BCUT2D eigenvalue weighted by atomic mass is 10.1. The van der Waals surface area contributed by atoms with E-state index in [4.69, 9.17) is 9.84 Å². The molecule has 1 fully saturated rings. The van der Waals surface area contributed by atoms with Gasteiger partial charge >= 0.3 is 12.0 Å². The van der Waals surface area contributed by atoms with Crippen molar-refractivity contribution in [2.24, 2.45) is 0 Å². The number of rotatable bonds is 2. The molecule has 0 aliphatic carbocycles. The molecular weight excluding hydrogens is 280 g/mol. The first kappa shape index (κ1) is 14.8. The number of carboxylic acid groups (broad SMARTS) is 1. The fourth-order valence-corrected chi connectivity index (χ4v) is 3.13. The largest absolute Gasteiger partial charge is 0.478 e. The highest BCUT2D eigenvalue weighted by Crippen LogP contribution is 2.25. The summed E-state index contributed by atoms with van der Waals surface area (Å²) in [5, 5.41) is 13.7. The average Bonchev–Trinajstić information content (AvgIpc) is 2.74. The van der Waals surface area contributed by atoms with Crippen LogP contribution in [0.5, 0.6) is 0 Å².